The minimum absolute atomic E-state index is 0.0537. The average molecular weight is 458 g/mol. The van der Waals surface area contributed by atoms with Crippen LogP contribution >= 0.6 is 15.9 Å². The summed E-state index contributed by atoms with van der Waals surface area (Å²) in [6.45, 7) is 2.35. The summed E-state index contributed by atoms with van der Waals surface area (Å²) in [6.07, 6.45) is 0. The number of aliphatic imine (C=N–C) groups is 1. The van der Waals surface area contributed by atoms with Gasteiger partial charge in [0.25, 0.3) is 0 Å². The molecule has 0 aliphatic rings. The molecule has 1 heterocycles. The molecular formula is C15H17BrFN7O4. The predicted molar refractivity (Wildman–Crippen MR) is 99.7 cm³/mol. The highest BCUT2D eigenvalue weighted by atomic mass is 79.9. The van der Waals surface area contributed by atoms with Crippen molar-refractivity contribution in [1.29, 1.82) is 0 Å². The van der Waals surface area contributed by atoms with Crippen LogP contribution in [0, 0.1) is 5.82 Å². The Morgan fingerprint density at radius 3 is 2.68 bits per heavy atom. The molecule has 2 rings (SSSR count). The van der Waals surface area contributed by atoms with Gasteiger partial charge in [-0.1, -0.05) is 0 Å². The maximum atomic E-state index is 13.3. The maximum Gasteiger partial charge on any atom is 0.309 e. The van der Waals surface area contributed by atoms with Gasteiger partial charge in [0.15, 0.2) is 11.5 Å². The quantitative estimate of drug-likeness (QED) is 0.134. The number of hydrogen-bond donors (Lipinski definition) is 5. The molecule has 1 aromatic heterocycles. The van der Waals surface area contributed by atoms with Gasteiger partial charge in [-0.2, -0.15) is 0 Å². The molecule has 0 atom stereocenters. The molecule has 0 fully saturated rings. The summed E-state index contributed by atoms with van der Waals surface area (Å²) >= 11 is 3.05. The van der Waals surface area contributed by atoms with E-state index in [0.29, 0.717) is 12.2 Å². The Kier molecular flexibility index (Phi) is 7.83. The van der Waals surface area contributed by atoms with E-state index in [0.717, 1.165) is 0 Å². The molecule has 28 heavy (non-hydrogen) atoms. The molecule has 150 valence electrons. The lowest BCUT2D eigenvalue weighted by Crippen LogP contribution is -2.41. The van der Waals surface area contributed by atoms with Crippen LogP contribution in [-0.4, -0.2) is 52.8 Å². The van der Waals surface area contributed by atoms with E-state index in [1.54, 1.807) is 6.92 Å². The first-order valence-electron chi connectivity index (χ1n) is 8.03. The normalized spacial score (nSPS) is 11.1. The third-order valence-corrected chi connectivity index (χ3v) is 3.82. The molecule has 13 heteroatoms. The average Bonchev–Trinajstić information content (AvgIpc) is 3.14. The molecule has 1 aromatic carbocycles. The van der Waals surface area contributed by atoms with Crippen molar-refractivity contribution in [2.75, 3.05) is 25.0 Å². The Hall–Kier alpha value is -3.06. The van der Waals surface area contributed by atoms with Crippen LogP contribution in [0.25, 0.3) is 0 Å². The molecule has 0 aliphatic carbocycles. The van der Waals surface area contributed by atoms with Gasteiger partial charge in [0.2, 0.25) is 5.82 Å². The fourth-order valence-corrected chi connectivity index (χ4v) is 2.32. The van der Waals surface area contributed by atoms with Crippen LogP contribution in [0.15, 0.2) is 32.3 Å². The van der Waals surface area contributed by atoms with Crippen LogP contribution in [0.2, 0.25) is 0 Å². The number of nitrogens with one attached hydrogen (secondary N) is 4. The largest absolute Gasteiger partial charge is 0.363 e. The highest BCUT2D eigenvalue weighted by molar-refractivity contribution is 9.10. The van der Waals surface area contributed by atoms with Gasteiger partial charge in [-0.3, -0.25) is 20.3 Å². The van der Waals surface area contributed by atoms with Gasteiger partial charge >= 0.3 is 11.8 Å². The molecule has 0 bridgehead atoms. The molecule has 0 radical (unpaired) electrons. The molecule has 5 N–H and O–H groups in total. The van der Waals surface area contributed by atoms with E-state index in [1.807, 2.05) is 5.48 Å². The van der Waals surface area contributed by atoms with Gasteiger partial charge in [-0.05, 0) is 51.4 Å². The van der Waals surface area contributed by atoms with E-state index < -0.39 is 17.6 Å². The van der Waals surface area contributed by atoms with Gasteiger partial charge in [0, 0.05) is 19.6 Å². The number of halogens is 2. The summed E-state index contributed by atoms with van der Waals surface area (Å²) in [5.41, 5.74) is 2.26. The topological polar surface area (TPSA) is 154 Å². The van der Waals surface area contributed by atoms with Crippen LogP contribution in [0.5, 0.6) is 0 Å². The van der Waals surface area contributed by atoms with Gasteiger partial charge in [0.05, 0.1) is 10.2 Å². The first kappa shape index (κ1) is 21.2. The van der Waals surface area contributed by atoms with Crippen molar-refractivity contribution in [3.63, 3.8) is 0 Å². The minimum atomic E-state index is -0.761. The number of carbonyl (C=O) groups is 2. The summed E-state index contributed by atoms with van der Waals surface area (Å²) in [7, 11) is 0. The van der Waals surface area contributed by atoms with Crippen LogP contribution in [0.3, 0.4) is 0 Å². The number of benzene rings is 1. The van der Waals surface area contributed by atoms with Crippen LogP contribution in [0.4, 0.5) is 15.9 Å². The van der Waals surface area contributed by atoms with E-state index in [1.165, 1.54) is 18.2 Å². The molecule has 0 spiro atoms. The zero-order valence-electron chi connectivity index (χ0n) is 14.6. The van der Waals surface area contributed by atoms with Crippen molar-refractivity contribution < 1.29 is 23.8 Å². The van der Waals surface area contributed by atoms with E-state index in [4.69, 9.17) is 0 Å². The molecule has 2 aromatic rings. The highest BCUT2D eigenvalue weighted by Gasteiger charge is 2.17. The third kappa shape index (κ3) is 5.72. The fourth-order valence-electron chi connectivity index (χ4n) is 1.95. The number of hydrogen-bond acceptors (Lipinski definition) is 8. The van der Waals surface area contributed by atoms with Crippen molar-refractivity contribution in [3.8, 4) is 0 Å². The molecule has 2 amide bonds. The van der Waals surface area contributed by atoms with Crippen LogP contribution in [-0.2, 0) is 9.59 Å². The molecular weight excluding hydrogens is 441 g/mol. The van der Waals surface area contributed by atoms with Gasteiger partial charge in [-0.15, -0.1) is 0 Å². The standard InChI is InChI=1S/C15H17BrFN7O4/c1-2-18-14(25)15(26)20-6-5-19-12-11(23-28-24-12)13(22-27)21-8-3-4-10(17)9(16)7-8/h3-4,7,27H,2,5-6H2,1H3,(H,18,25)(H,19,24)(H,20,26)(H,21,22). The van der Waals surface area contributed by atoms with E-state index >= 15 is 0 Å². The molecule has 0 aliphatic heterocycles. The minimum Gasteiger partial charge on any atom is -0.363 e. The third-order valence-electron chi connectivity index (χ3n) is 3.21. The Balaban J connectivity index is 2.01. The summed E-state index contributed by atoms with van der Waals surface area (Å²) in [5.74, 6) is -1.92. The van der Waals surface area contributed by atoms with Crippen molar-refractivity contribution in [2.24, 2.45) is 4.99 Å². The zero-order valence-corrected chi connectivity index (χ0v) is 16.2. The Morgan fingerprint density at radius 2 is 2.00 bits per heavy atom. The second-order valence-electron chi connectivity index (χ2n) is 5.17. The summed E-state index contributed by atoms with van der Waals surface area (Å²) in [5, 5.41) is 24.3. The lowest BCUT2D eigenvalue weighted by atomic mass is 10.3. The lowest BCUT2D eigenvalue weighted by molar-refractivity contribution is -0.139. The van der Waals surface area contributed by atoms with Gasteiger partial charge in [-0.25, -0.2) is 14.0 Å². The van der Waals surface area contributed by atoms with Crippen LogP contribution in [0.1, 0.15) is 12.6 Å². The van der Waals surface area contributed by atoms with Crippen molar-refractivity contribution in [1.82, 2.24) is 26.4 Å². The number of rotatable bonds is 7. The van der Waals surface area contributed by atoms with E-state index in [9.17, 15) is 19.2 Å². The van der Waals surface area contributed by atoms with Crippen molar-refractivity contribution in [3.05, 3.63) is 34.2 Å². The highest BCUT2D eigenvalue weighted by Crippen LogP contribution is 2.23. The lowest BCUT2D eigenvalue weighted by Gasteiger charge is -2.07. The second kappa shape index (κ2) is 10.3. The summed E-state index contributed by atoms with van der Waals surface area (Å²) in [6, 6.07) is 4.01. The first-order valence-corrected chi connectivity index (χ1v) is 8.82. The Labute approximate surface area is 166 Å². The monoisotopic (exact) mass is 457 g/mol. The number of nitrogens with zero attached hydrogens (tertiary/aromatic N) is 3. The number of hydroxylamine groups is 1. The van der Waals surface area contributed by atoms with Crippen LogP contribution < -0.4 is 21.4 Å². The molecule has 11 nitrogen and oxygen atoms in total. The smallest absolute Gasteiger partial charge is 0.309 e. The Morgan fingerprint density at radius 1 is 1.25 bits per heavy atom. The Bertz CT molecular complexity index is 874. The number of carbonyl (C=O) groups excluding carboxylic acids is 2. The molecule has 0 saturated carbocycles. The predicted octanol–water partition coefficient (Wildman–Crippen LogP) is 0.693. The number of likely N-dealkylation sites (N-methyl/N-ethyl adjacent to an activating group) is 1. The first-order chi connectivity index (χ1) is 13.5. The number of anilines is 1. The molecule has 0 unspecified atom stereocenters. The van der Waals surface area contributed by atoms with Gasteiger partial charge in [0.1, 0.15) is 5.82 Å². The number of amidine groups is 1. The number of amides is 2. The maximum absolute atomic E-state index is 13.3. The zero-order chi connectivity index (χ0) is 20.5. The SMILES string of the molecule is CCNC(=O)C(=O)NCCNc1nonc1C(=Nc1ccc(F)c(Br)c1)NO. The summed E-state index contributed by atoms with van der Waals surface area (Å²) < 4.78 is 18.2. The van der Waals surface area contributed by atoms with E-state index in [2.05, 4.69) is 51.8 Å². The molecule has 0 saturated heterocycles. The van der Waals surface area contributed by atoms with Crippen molar-refractivity contribution in [2.45, 2.75) is 6.92 Å². The van der Waals surface area contributed by atoms with Crippen molar-refractivity contribution >= 4 is 45.1 Å². The second-order valence-corrected chi connectivity index (χ2v) is 6.03. The summed E-state index contributed by atoms with van der Waals surface area (Å²) in [4.78, 5) is 26.9. The fraction of sp³-hybridized carbons (Fsp3) is 0.267. The van der Waals surface area contributed by atoms with E-state index in [-0.39, 0.29) is 34.9 Å². The number of aromatic nitrogens is 2. The van der Waals surface area contributed by atoms with Gasteiger partial charge < -0.3 is 16.0 Å².